The smallest absolute Gasteiger partial charge is 0.407 e. The quantitative estimate of drug-likeness (QED) is 0.561. The van der Waals surface area contributed by atoms with E-state index in [1.165, 1.54) is 7.11 Å². The SMILES string of the molecule is COC(=O)c1ccc(CCCC(=O)Nc2ccc(C3CC3NC(=O)OC(C)(C)C)cc2)cc1. The molecule has 2 unspecified atom stereocenters. The minimum absolute atomic E-state index is 0.0372. The van der Waals surface area contributed by atoms with E-state index >= 15 is 0 Å². The van der Waals surface area contributed by atoms with Crippen molar-refractivity contribution in [2.75, 3.05) is 12.4 Å². The fraction of sp³-hybridized carbons (Fsp3) is 0.423. The average Bonchev–Trinajstić information content (AvgIpc) is 3.51. The summed E-state index contributed by atoms with van der Waals surface area (Å²) < 4.78 is 9.99. The molecule has 2 N–H and O–H groups in total. The molecule has 0 radical (unpaired) electrons. The topological polar surface area (TPSA) is 93.7 Å². The van der Waals surface area contributed by atoms with Crippen LogP contribution in [-0.2, 0) is 20.7 Å². The first kappa shape index (κ1) is 24.3. The minimum atomic E-state index is -0.510. The molecule has 2 aromatic carbocycles. The number of esters is 1. The molecule has 0 bridgehead atoms. The number of benzene rings is 2. The van der Waals surface area contributed by atoms with Gasteiger partial charge in [0.05, 0.1) is 12.7 Å². The number of alkyl carbamates (subject to hydrolysis) is 1. The molecule has 0 saturated heterocycles. The Morgan fingerprint density at radius 3 is 2.27 bits per heavy atom. The van der Waals surface area contributed by atoms with Crippen LogP contribution in [0.2, 0.25) is 0 Å². The lowest BCUT2D eigenvalue weighted by Gasteiger charge is -2.19. The van der Waals surface area contributed by atoms with E-state index in [0.29, 0.717) is 18.4 Å². The normalized spacial score (nSPS) is 17.1. The first-order valence-corrected chi connectivity index (χ1v) is 11.2. The van der Waals surface area contributed by atoms with Gasteiger partial charge in [-0.2, -0.15) is 0 Å². The summed E-state index contributed by atoms with van der Waals surface area (Å²) in [6.45, 7) is 5.52. The number of amides is 2. The molecule has 2 atom stereocenters. The van der Waals surface area contributed by atoms with E-state index in [1.54, 1.807) is 12.1 Å². The maximum atomic E-state index is 12.3. The van der Waals surface area contributed by atoms with Crippen LogP contribution >= 0.6 is 0 Å². The van der Waals surface area contributed by atoms with Crippen LogP contribution < -0.4 is 10.6 Å². The first-order chi connectivity index (χ1) is 15.6. The monoisotopic (exact) mass is 452 g/mol. The number of ether oxygens (including phenoxy) is 2. The number of aryl methyl sites for hydroxylation is 1. The molecule has 1 aliphatic carbocycles. The van der Waals surface area contributed by atoms with Gasteiger partial charge in [0.2, 0.25) is 5.91 Å². The Kier molecular flexibility index (Phi) is 7.74. The van der Waals surface area contributed by atoms with E-state index in [0.717, 1.165) is 29.7 Å². The third-order valence-electron chi connectivity index (χ3n) is 5.36. The predicted octanol–water partition coefficient (Wildman–Crippen LogP) is 4.82. The average molecular weight is 453 g/mol. The van der Waals surface area contributed by atoms with Crippen molar-refractivity contribution < 1.29 is 23.9 Å². The van der Waals surface area contributed by atoms with Crippen molar-refractivity contribution in [3.8, 4) is 0 Å². The standard InChI is InChI=1S/C26H32N2O5/c1-26(2,3)33-25(31)28-22-16-21(22)18-12-14-20(15-13-18)27-23(29)7-5-6-17-8-10-19(11-9-17)24(30)32-4/h8-15,21-22H,5-7,16H2,1-4H3,(H,27,29)(H,28,31). The fourth-order valence-corrected chi connectivity index (χ4v) is 3.60. The number of carbonyl (C=O) groups excluding carboxylic acids is 3. The van der Waals surface area contributed by atoms with Gasteiger partial charge in [-0.1, -0.05) is 24.3 Å². The van der Waals surface area contributed by atoms with Gasteiger partial charge in [-0.25, -0.2) is 9.59 Å². The summed E-state index contributed by atoms with van der Waals surface area (Å²) >= 11 is 0. The lowest BCUT2D eigenvalue weighted by molar-refractivity contribution is -0.116. The van der Waals surface area contributed by atoms with E-state index in [1.807, 2.05) is 57.2 Å². The summed E-state index contributed by atoms with van der Waals surface area (Å²) in [4.78, 5) is 35.6. The molecule has 176 valence electrons. The van der Waals surface area contributed by atoms with Crippen molar-refractivity contribution >= 4 is 23.7 Å². The zero-order valence-corrected chi connectivity index (χ0v) is 19.6. The first-order valence-electron chi connectivity index (χ1n) is 11.2. The highest BCUT2D eigenvalue weighted by atomic mass is 16.6. The van der Waals surface area contributed by atoms with E-state index in [-0.39, 0.29) is 23.8 Å². The molecular weight excluding hydrogens is 420 g/mol. The number of hydrogen-bond donors (Lipinski definition) is 2. The van der Waals surface area contributed by atoms with Gasteiger partial charge < -0.3 is 20.1 Å². The molecule has 7 heteroatoms. The fourth-order valence-electron chi connectivity index (χ4n) is 3.60. The molecule has 2 aromatic rings. The summed E-state index contributed by atoms with van der Waals surface area (Å²) in [7, 11) is 1.36. The molecule has 2 amide bonds. The van der Waals surface area contributed by atoms with Crippen molar-refractivity contribution in [1.29, 1.82) is 0 Å². The van der Waals surface area contributed by atoms with Crippen LogP contribution in [0.5, 0.6) is 0 Å². The molecule has 1 aliphatic rings. The number of anilines is 1. The van der Waals surface area contributed by atoms with Crippen molar-refractivity contribution in [2.24, 2.45) is 0 Å². The Bertz CT molecular complexity index is 977. The largest absolute Gasteiger partial charge is 0.465 e. The molecule has 0 aliphatic heterocycles. The van der Waals surface area contributed by atoms with Crippen molar-refractivity contribution in [1.82, 2.24) is 5.32 Å². The Hall–Kier alpha value is -3.35. The van der Waals surface area contributed by atoms with Crippen LogP contribution in [0.4, 0.5) is 10.5 Å². The molecule has 1 fully saturated rings. The maximum Gasteiger partial charge on any atom is 0.407 e. The maximum absolute atomic E-state index is 12.3. The van der Waals surface area contributed by atoms with Crippen LogP contribution in [0, 0.1) is 0 Å². The molecule has 0 aromatic heterocycles. The number of carbonyl (C=O) groups is 3. The van der Waals surface area contributed by atoms with Gasteiger partial charge in [0.25, 0.3) is 0 Å². The van der Waals surface area contributed by atoms with Gasteiger partial charge in [-0.15, -0.1) is 0 Å². The van der Waals surface area contributed by atoms with Gasteiger partial charge in [-0.05, 0) is 75.4 Å². The number of rotatable bonds is 8. The van der Waals surface area contributed by atoms with Crippen LogP contribution in [0.15, 0.2) is 48.5 Å². The summed E-state index contributed by atoms with van der Waals surface area (Å²) in [5.74, 6) is -0.124. The second-order valence-corrected chi connectivity index (χ2v) is 9.31. The molecule has 0 heterocycles. The van der Waals surface area contributed by atoms with E-state index < -0.39 is 11.7 Å². The molecule has 33 heavy (non-hydrogen) atoms. The second kappa shape index (κ2) is 10.5. The molecule has 7 nitrogen and oxygen atoms in total. The third-order valence-corrected chi connectivity index (χ3v) is 5.36. The van der Waals surface area contributed by atoms with Gasteiger partial charge in [0.1, 0.15) is 5.60 Å². The Morgan fingerprint density at radius 1 is 1.00 bits per heavy atom. The second-order valence-electron chi connectivity index (χ2n) is 9.31. The predicted molar refractivity (Wildman–Crippen MR) is 126 cm³/mol. The van der Waals surface area contributed by atoms with Crippen LogP contribution in [0.1, 0.15) is 67.4 Å². The number of methoxy groups -OCH3 is 1. The Balaban J connectivity index is 1.39. The zero-order valence-electron chi connectivity index (χ0n) is 19.6. The molecule has 3 rings (SSSR count). The van der Waals surface area contributed by atoms with E-state index in [9.17, 15) is 14.4 Å². The van der Waals surface area contributed by atoms with Crippen molar-refractivity contribution in [2.45, 2.75) is 64.0 Å². The summed E-state index contributed by atoms with van der Waals surface area (Å²) in [6, 6.07) is 15.1. The van der Waals surface area contributed by atoms with Gasteiger partial charge >= 0.3 is 12.1 Å². The highest BCUT2D eigenvalue weighted by molar-refractivity contribution is 5.90. The number of hydrogen-bond acceptors (Lipinski definition) is 5. The lowest BCUT2D eigenvalue weighted by Crippen LogP contribution is -2.34. The summed E-state index contributed by atoms with van der Waals surface area (Å²) in [5, 5.41) is 5.83. The van der Waals surface area contributed by atoms with Gasteiger partial charge in [0.15, 0.2) is 0 Å². The van der Waals surface area contributed by atoms with Gasteiger partial charge in [0, 0.05) is 24.1 Å². The van der Waals surface area contributed by atoms with E-state index in [4.69, 9.17) is 9.47 Å². The lowest BCUT2D eigenvalue weighted by atomic mass is 10.1. The van der Waals surface area contributed by atoms with Gasteiger partial charge in [-0.3, -0.25) is 4.79 Å². The Morgan fingerprint density at radius 2 is 1.67 bits per heavy atom. The summed E-state index contributed by atoms with van der Waals surface area (Å²) in [5.41, 5.74) is 2.95. The highest BCUT2D eigenvalue weighted by Crippen LogP contribution is 2.41. The van der Waals surface area contributed by atoms with E-state index in [2.05, 4.69) is 10.6 Å². The molecular formula is C26H32N2O5. The Labute approximate surface area is 194 Å². The highest BCUT2D eigenvalue weighted by Gasteiger charge is 2.40. The van der Waals surface area contributed by atoms with Crippen molar-refractivity contribution in [3.63, 3.8) is 0 Å². The number of nitrogens with one attached hydrogen (secondary N) is 2. The summed E-state index contributed by atoms with van der Waals surface area (Å²) in [6.07, 6.45) is 2.36. The zero-order chi connectivity index (χ0) is 24.0. The minimum Gasteiger partial charge on any atom is -0.465 e. The van der Waals surface area contributed by atoms with Crippen LogP contribution in [0.25, 0.3) is 0 Å². The van der Waals surface area contributed by atoms with Crippen molar-refractivity contribution in [3.05, 3.63) is 65.2 Å². The molecule has 0 spiro atoms. The third kappa shape index (κ3) is 7.63. The van der Waals surface area contributed by atoms with Crippen LogP contribution in [0.3, 0.4) is 0 Å². The van der Waals surface area contributed by atoms with Crippen LogP contribution in [-0.4, -0.2) is 36.7 Å². The molecule has 1 saturated carbocycles.